The summed E-state index contributed by atoms with van der Waals surface area (Å²) in [6.45, 7) is 2.60. The van der Waals surface area contributed by atoms with Crippen LogP contribution in [-0.2, 0) is 22.5 Å². The van der Waals surface area contributed by atoms with Gasteiger partial charge in [0.1, 0.15) is 5.56 Å². The molecule has 4 rings (SSSR count). The standard InChI is InChI=1S/C19H18N4O3/c1-13-17(18-20-8-4-9-23(18)21-13)19(25)26-12-16(24)22-10-7-14-5-2-3-6-15(14)11-22/h2-6,8-9H,7,10-12H2,1H3. The second kappa shape index (κ2) is 6.59. The zero-order valence-electron chi connectivity index (χ0n) is 14.4. The molecule has 132 valence electrons. The number of esters is 1. The molecule has 3 heterocycles. The molecule has 0 aliphatic carbocycles. The van der Waals surface area contributed by atoms with Gasteiger partial charge in [-0.3, -0.25) is 4.79 Å². The van der Waals surface area contributed by atoms with Crippen molar-refractivity contribution in [3.8, 4) is 0 Å². The summed E-state index contributed by atoms with van der Waals surface area (Å²) in [6.07, 6.45) is 4.11. The van der Waals surface area contributed by atoms with Crippen molar-refractivity contribution in [1.82, 2.24) is 19.5 Å². The molecule has 0 spiro atoms. The summed E-state index contributed by atoms with van der Waals surface area (Å²) in [4.78, 5) is 30.8. The number of benzene rings is 1. The van der Waals surface area contributed by atoms with Gasteiger partial charge in [-0.1, -0.05) is 24.3 Å². The second-order valence-electron chi connectivity index (χ2n) is 6.26. The van der Waals surface area contributed by atoms with Crippen LogP contribution in [0.1, 0.15) is 27.2 Å². The Labute approximate surface area is 150 Å². The van der Waals surface area contributed by atoms with E-state index in [1.54, 1.807) is 30.3 Å². The first-order chi connectivity index (χ1) is 12.6. The topological polar surface area (TPSA) is 76.8 Å². The molecule has 0 bridgehead atoms. The smallest absolute Gasteiger partial charge is 0.344 e. The molecular formula is C19H18N4O3. The molecule has 0 radical (unpaired) electrons. The Bertz CT molecular complexity index is 995. The fourth-order valence-electron chi connectivity index (χ4n) is 3.23. The average molecular weight is 350 g/mol. The van der Waals surface area contributed by atoms with Crippen molar-refractivity contribution in [3.05, 3.63) is 65.1 Å². The van der Waals surface area contributed by atoms with E-state index in [9.17, 15) is 9.59 Å². The molecule has 3 aromatic rings. The fraction of sp³-hybridized carbons (Fsp3) is 0.263. The van der Waals surface area contributed by atoms with Crippen LogP contribution in [0.5, 0.6) is 0 Å². The molecule has 0 fully saturated rings. The Kier molecular flexibility index (Phi) is 4.12. The summed E-state index contributed by atoms with van der Waals surface area (Å²) in [6, 6.07) is 9.80. The van der Waals surface area contributed by atoms with Crippen LogP contribution in [0.4, 0.5) is 0 Å². The number of nitrogens with zero attached hydrogens (tertiary/aromatic N) is 4. The predicted octanol–water partition coefficient (Wildman–Crippen LogP) is 1.78. The molecule has 7 heteroatoms. The molecule has 0 saturated heterocycles. The van der Waals surface area contributed by atoms with Crippen LogP contribution >= 0.6 is 0 Å². The van der Waals surface area contributed by atoms with Gasteiger partial charge in [-0.25, -0.2) is 14.3 Å². The van der Waals surface area contributed by atoms with Gasteiger partial charge in [-0.15, -0.1) is 0 Å². The Hall–Kier alpha value is -3.22. The summed E-state index contributed by atoms with van der Waals surface area (Å²) in [5.74, 6) is -0.781. The molecule has 0 saturated carbocycles. The minimum absolute atomic E-state index is 0.199. The Morgan fingerprint density at radius 3 is 2.85 bits per heavy atom. The highest BCUT2D eigenvalue weighted by molar-refractivity contribution is 5.98. The highest BCUT2D eigenvalue weighted by atomic mass is 16.5. The van der Waals surface area contributed by atoms with Crippen molar-refractivity contribution >= 4 is 17.5 Å². The number of fused-ring (bicyclic) bond motifs is 2. The maximum Gasteiger partial charge on any atom is 0.344 e. The molecule has 1 amide bonds. The predicted molar refractivity (Wildman–Crippen MR) is 93.6 cm³/mol. The Morgan fingerprint density at radius 2 is 2.00 bits per heavy atom. The minimum Gasteiger partial charge on any atom is -0.452 e. The molecule has 1 aliphatic rings. The van der Waals surface area contributed by atoms with Gasteiger partial charge < -0.3 is 9.64 Å². The van der Waals surface area contributed by atoms with E-state index >= 15 is 0 Å². The second-order valence-corrected chi connectivity index (χ2v) is 6.26. The number of aromatic nitrogens is 3. The van der Waals surface area contributed by atoms with E-state index in [-0.39, 0.29) is 12.5 Å². The van der Waals surface area contributed by atoms with Gasteiger partial charge in [0.25, 0.3) is 5.91 Å². The molecule has 0 N–H and O–H groups in total. The van der Waals surface area contributed by atoms with Gasteiger partial charge in [0.2, 0.25) is 0 Å². The van der Waals surface area contributed by atoms with E-state index in [0.717, 1.165) is 12.0 Å². The van der Waals surface area contributed by atoms with Crippen LogP contribution < -0.4 is 0 Å². The highest BCUT2D eigenvalue weighted by Crippen LogP contribution is 2.19. The summed E-state index contributed by atoms with van der Waals surface area (Å²) >= 11 is 0. The zero-order chi connectivity index (χ0) is 18.1. The zero-order valence-corrected chi connectivity index (χ0v) is 14.4. The van der Waals surface area contributed by atoms with E-state index in [2.05, 4.69) is 16.1 Å². The van der Waals surface area contributed by atoms with E-state index in [4.69, 9.17) is 4.74 Å². The van der Waals surface area contributed by atoms with Gasteiger partial charge in [-0.2, -0.15) is 5.10 Å². The third-order valence-corrected chi connectivity index (χ3v) is 4.58. The van der Waals surface area contributed by atoms with Crippen LogP contribution in [0.2, 0.25) is 0 Å². The van der Waals surface area contributed by atoms with Crippen LogP contribution in [0.15, 0.2) is 42.7 Å². The molecule has 7 nitrogen and oxygen atoms in total. The Balaban J connectivity index is 1.43. The van der Waals surface area contributed by atoms with Crippen LogP contribution in [-0.4, -0.2) is 44.5 Å². The van der Waals surface area contributed by atoms with Crippen molar-refractivity contribution in [2.75, 3.05) is 13.2 Å². The summed E-state index contributed by atoms with van der Waals surface area (Å²) < 4.78 is 6.78. The van der Waals surface area contributed by atoms with E-state index < -0.39 is 5.97 Å². The fourth-order valence-corrected chi connectivity index (χ4v) is 3.23. The maximum atomic E-state index is 12.4. The van der Waals surface area contributed by atoms with Crippen molar-refractivity contribution in [3.63, 3.8) is 0 Å². The minimum atomic E-state index is -0.582. The molecule has 26 heavy (non-hydrogen) atoms. The average Bonchev–Trinajstić information content (AvgIpc) is 3.01. The first kappa shape index (κ1) is 16.3. The molecular weight excluding hydrogens is 332 g/mol. The van der Waals surface area contributed by atoms with Gasteiger partial charge in [0.15, 0.2) is 12.3 Å². The number of amides is 1. The quantitative estimate of drug-likeness (QED) is 0.673. The van der Waals surface area contributed by atoms with E-state index in [0.29, 0.717) is 30.0 Å². The van der Waals surface area contributed by atoms with E-state index in [1.165, 1.54) is 10.1 Å². The molecule has 1 aromatic carbocycles. The molecule has 2 aromatic heterocycles. The van der Waals surface area contributed by atoms with Crippen molar-refractivity contribution in [2.45, 2.75) is 19.9 Å². The highest BCUT2D eigenvalue weighted by Gasteiger charge is 2.24. The first-order valence-corrected chi connectivity index (χ1v) is 8.45. The number of ether oxygens (including phenoxy) is 1. The number of carbonyl (C=O) groups excluding carboxylic acids is 2. The van der Waals surface area contributed by atoms with Gasteiger partial charge in [0.05, 0.1) is 5.69 Å². The molecule has 0 atom stereocenters. The lowest BCUT2D eigenvalue weighted by Crippen LogP contribution is -2.38. The number of carbonyl (C=O) groups is 2. The maximum absolute atomic E-state index is 12.4. The SMILES string of the molecule is Cc1nn2cccnc2c1C(=O)OCC(=O)N1CCc2ccccc2C1. The lowest BCUT2D eigenvalue weighted by molar-refractivity contribution is -0.135. The summed E-state index contributed by atoms with van der Waals surface area (Å²) in [5.41, 5.74) is 3.65. The van der Waals surface area contributed by atoms with Crippen molar-refractivity contribution < 1.29 is 14.3 Å². The first-order valence-electron chi connectivity index (χ1n) is 8.45. The number of aryl methyl sites for hydroxylation is 1. The molecule has 0 unspecified atom stereocenters. The number of hydrogen-bond acceptors (Lipinski definition) is 5. The third-order valence-electron chi connectivity index (χ3n) is 4.58. The van der Waals surface area contributed by atoms with Crippen LogP contribution in [0.25, 0.3) is 5.65 Å². The van der Waals surface area contributed by atoms with Gasteiger partial charge in [-0.05, 0) is 30.5 Å². The lowest BCUT2D eigenvalue weighted by atomic mass is 10.00. The molecule has 1 aliphatic heterocycles. The van der Waals surface area contributed by atoms with Gasteiger partial charge in [0, 0.05) is 25.5 Å². The summed E-state index contributed by atoms with van der Waals surface area (Å²) in [5, 5.41) is 4.23. The normalized spacial score (nSPS) is 13.5. The lowest BCUT2D eigenvalue weighted by Gasteiger charge is -2.28. The number of rotatable bonds is 3. The van der Waals surface area contributed by atoms with Crippen molar-refractivity contribution in [1.29, 1.82) is 0 Å². The van der Waals surface area contributed by atoms with E-state index in [1.807, 2.05) is 18.2 Å². The van der Waals surface area contributed by atoms with Crippen molar-refractivity contribution in [2.24, 2.45) is 0 Å². The Morgan fingerprint density at radius 1 is 1.19 bits per heavy atom. The third kappa shape index (κ3) is 2.92. The summed E-state index contributed by atoms with van der Waals surface area (Å²) in [7, 11) is 0. The largest absolute Gasteiger partial charge is 0.452 e. The van der Waals surface area contributed by atoms with Crippen LogP contribution in [0, 0.1) is 6.92 Å². The monoisotopic (exact) mass is 350 g/mol. The number of hydrogen-bond donors (Lipinski definition) is 0. The van der Waals surface area contributed by atoms with Crippen LogP contribution in [0.3, 0.4) is 0 Å². The van der Waals surface area contributed by atoms with Gasteiger partial charge >= 0.3 is 5.97 Å².